The smallest absolute Gasteiger partial charge is 0.335 e. The highest BCUT2D eigenvalue weighted by Crippen LogP contribution is 2.08. The minimum absolute atomic E-state index is 0.240. The highest BCUT2D eigenvalue weighted by Gasteiger charge is 2.03. The van der Waals surface area contributed by atoms with Gasteiger partial charge in [0.1, 0.15) is 0 Å². The molecule has 4 heteroatoms. The van der Waals surface area contributed by atoms with Gasteiger partial charge < -0.3 is 5.11 Å². The van der Waals surface area contributed by atoms with E-state index in [1.807, 2.05) is 0 Å². The molecule has 16 heavy (non-hydrogen) atoms. The third-order valence-corrected chi connectivity index (χ3v) is 2.22. The average molecular weight is 220 g/mol. The van der Waals surface area contributed by atoms with Gasteiger partial charge in [-0.15, -0.1) is 0 Å². The van der Waals surface area contributed by atoms with E-state index in [1.165, 1.54) is 12.1 Å². The second kappa shape index (κ2) is 5.80. The van der Waals surface area contributed by atoms with E-state index in [0.29, 0.717) is 19.1 Å². The number of Topliss-reactive ketones (excluding diaryl/α,β-unsaturated/α-hetero) is 1. The van der Waals surface area contributed by atoms with Crippen LogP contribution in [0, 0.1) is 0 Å². The van der Waals surface area contributed by atoms with Gasteiger partial charge in [-0.3, -0.25) is 9.59 Å². The Morgan fingerprint density at radius 2 is 1.81 bits per heavy atom. The maximum atomic E-state index is 10.7. The zero-order chi connectivity index (χ0) is 12.0. The van der Waals surface area contributed by atoms with Crippen LogP contribution in [0.2, 0.25) is 0 Å². The molecular weight excluding hydrogens is 208 g/mol. The molecule has 0 aliphatic carbocycles. The van der Waals surface area contributed by atoms with E-state index in [2.05, 4.69) is 0 Å². The van der Waals surface area contributed by atoms with E-state index in [0.717, 1.165) is 5.56 Å². The summed E-state index contributed by atoms with van der Waals surface area (Å²) in [4.78, 5) is 31.3. The first-order chi connectivity index (χ1) is 7.63. The van der Waals surface area contributed by atoms with Gasteiger partial charge in [0.05, 0.1) is 5.56 Å². The standard InChI is InChI=1S/C12H12O4/c13-8-11(14)3-1-2-9-4-6-10(7-5-9)12(15)16/h4-8H,1-3H2,(H,15,16). The lowest BCUT2D eigenvalue weighted by atomic mass is 10.1. The summed E-state index contributed by atoms with van der Waals surface area (Å²) < 4.78 is 0. The van der Waals surface area contributed by atoms with Gasteiger partial charge in [0.2, 0.25) is 0 Å². The Kier molecular flexibility index (Phi) is 4.39. The van der Waals surface area contributed by atoms with E-state index in [-0.39, 0.29) is 12.0 Å². The zero-order valence-corrected chi connectivity index (χ0v) is 8.68. The molecule has 0 unspecified atom stereocenters. The van der Waals surface area contributed by atoms with Crippen LogP contribution in [-0.2, 0) is 16.0 Å². The van der Waals surface area contributed by atoms with E-state index in [9.17, 15) is 14.4 Å². The molecule has 0 aliphatic heterocycles. The van der Waals surface area contributed by atoms with Crippen LogP contribution in [0.5, 0.6) is 0 Å². The Bertz CT molecular complexity index is 392. The van der Waals surface area contributed by atoms with Crippen LogP contribution >= 0.6 is 0 Å². The van der Waals surface area contributed by atoms with Gasteiger partial charge in [0.25, 0.3) is 0 Å². The molecule has 0 fully saturated rings. The second-order valence-corrected chi connectivity index (χ2v) is 3.44. The maximum Gasteiger partial charge on any atom is 0.335 e. The van der Waals surface area contributed by atoms with Crippen molar-refractivity contribution in [3.8, 4) is 0 Å². The lowest BCUT2D eigenvalue weighted by molar-refractivity contribution is -0.129. The summed E-state index contributed by atoms with van der Waals surface area (Å²) in [5.41, 5.74) is 1.21. The monoisotopic (exact) mass is 220 g/mol. The Balaban J connectivity index is 2.46. The molecule has 0 bridgehead atoms. The van der Waals surface area contributed by atoms with Crippen molar-refractivity contribution in [3.05, 3.63) is 35.4 Å². The largest absolute Gasteiger partial charge is 0.478 e. The van der Waals surface area contributed by atoms with Crippen molar-refractivity contribution >= 4 is 18.0 Å². The number of carbonyl (C=O) groups is 3. The molecule has 1 aromatic carbocycles. The highest BCUT2D eigenvalue weighted by atomic mass is 16.4. The summed E-state index contributed by atoms with van der Waals surface area (Å²) in [7, 11) is 0. The number of carbonyl (C=O) groups excluding carboxylic acids is 2. The van der Waals surface area contributed by atoms with Crippen LogP contribution in [0.4, 0.5) is 0 Å². The minimum Gasteiger partial charge on any atom is -0.478 e. The summed E-state index contributed by atoms with van der Waals surface area (Å²) in [6.07, 6.45) is 1.83. The first-order valence-corrected chi connectivity index (χ1v) is 4.93. The molecular formula is C12H12O4. The van der Waals surface area contributed by atoms with Crippen molar-refractivity contribution in [1.82, 2.24) is 0 Å². The van der Waals surface area contributed by atoms with Crippen molar-refractivity contribution in [3.63, 3.8) is 0 Å². The summed E-state index contributed by atoms with van der Waals surface area (Å²) in [5, 5.41) is 8.67. The molecule has 0 aromatic heterocycles. The second-order valence-electron chi connectivity index (χ2n) is 3.44. The molecule has 1 rings (SSSR count). The van der Waals surface area contributed by atoms with Crippen LogP contribution in [-0.4, -0.2) is 23.1 Å². The fourth-order valence-electron chi connectivity index (χ4n) is 1.34. The number of hydrogen-bond donors (Lipinski definition) is 1. The van der Waals surface area contributed by atoms with Gasteiger partial charge in [-0.1, -0.05) is 12.1 Å². The molecule has 1 aromatic rings. The molecule has 0 saturated carbocycles. The summed E-state index contributed by atoms with van der Waals surface area (Å²) in [6, 6.07) is 6.49. The van der Waals surface area contributed by atoms with Crippen molar-refractivity contribution in [2.45, 2.75) is 19.3 Å². The normalized spacial score (nSPS) is 9.75. The number of hydrogen-bond acceptors (Lipinski definition) is 3. The lowest BCUT2D eigenvalue weighted by Gasteiger charge is -2.00. The third kappa shape index (κ3) is 3.65. The van der Waals surface area contributed by atoms with Gasteiger partial charge >= 0.3 is 5.97 Å². The van der Waals surface area contributed by atoms with Crippen molar-refractivity contribution in [1.29, 1.82) is 0 Å². The molecule has 0 radical (unpaired) electrons. The van der Waals surface area contributed by atoms with Gasteiger partial charge in [0, 0.05) is 6.42 Å². The molecule has 0 amide bonds. The van der Waals surface area contributed by atoms with Crippen molar-refractivity contribution in [2.24, 2.45) is 0 Å². The Morgan fingerprint density at radius 3 is 2.31 bits per heavy atom. The summed E-state index contributed by atoms with van der Waals surface area (Å²) in [5.74, 6) is -1.36. The van der Waals surface area contributed by atoms with Crippen LogP contribution in [0.15, 0.2) is 24.3 Å². The molecule has 0 spiro atoms. The van der Waals surface area contributed by atoms with Crippen LogP contribution in [0.1, 0.15) is 28.8 Å². The van der Waals surface area contributed by atoms with E-state index >= 15 is 0 Å². The Labute approximate surface area is 92.9 Å². The third-order valence-electron chi connectivity index (χ3n) is 2.22. The number of rotatable bonds is 6. The lowest BCUT2D eigenvalue weighted by Crippen LogP contribution is -2.00. The predicted octanol–water partition coefficient (Wildman–Crippen LogP) is 1.48. The number of ketones is 1. The first kappa shape index (κ1) is 12.1. The van der Waals surface area contributed by atoms with Crippen molar-refractivity contribution < 1.29 is 19.5 Å². The van der Waals surface area contributed by atoms with Gasteiger partial charge in [-0.2, -0.15) is 0 Å². The van der Waals surface area contributed by atoms with E-state index in [1.54, 1.807) is 12.1 Å². The fraction of sp³-hybridized carbons (Fsp3) is 0.250. The molecule has 1 N–H and O–H groups in total. The Hall–Kier alpha value is -1.97. The number of aromatic carboxylic acids is 1. The molecule has 0 aliphatic rings. The van der Waals surface area contributed by atoms with Crippen LogP contribution in [0.25, 0.3) is 0 Å². The number of aldehydes is 1. The summed E-state index contributed by atoms with van der Waals surface area (Å²) >= 11 is 0. The van der Waals surface area contributed by atoms with E-state index in [4.69, 9.17) is 5.11 Å². The Morgan fingerprint density at radius 1 is 1.19 bits per heavy atom. The topological polar surface area (TPSA) is 71.4 Å². The molecule has 0 saturated heterocycles. The van der Waals surface area contributed by atoms with Crippen LogP contribution in [0.3, 0.4) is 0 Å². The molecule has 84 valence electrons. The van der Waals surface area contributed by atoms with Gasteiger partial charge in [-0.25, -0.2) is 4.79 Å². The maximum absolute atomic E-state index is 10.7. The summed E-state index contributed by atoms with van der Waals surface area (Å²) in [6.45, 7) is 0. The number of benzene rings is 1. The number of carboxylic acid groups (broad SMARTS) is 1. The fourth-order valence-corrected chi connectivity index (χ4v) is 1.34. The first-order valence-electron chi connectivity index (χ1n) is 4.93. The number of carboxylic acids is 1. The molecule has 0 heterocycles. The molecule has 4 nitrogen and oxygen atoms in total. The van der Waals surface area contributed by atoms with Gasteiger partial charge in [-0.05, 0) is 30.5 Å². The average Bonchev–Trinajstić information content (AvgIpc) is 2.29. The van der Waals surface area contributed by atoms with Gasteiger partial charge in [0.15, 0.2) is 12.1 Å². The van der Waals surface area contributed by atoms with Crippen molar-refractivity contribution in [2.75, 3.05) is 0 Å². The zero-order valence-electron chi connectivity index (χ0n) is 8.68. The van der Waals surface area contributed by atoms with E-state index < -0.39 is 11.8 Å². The predicted molar refractivity (Wildman–Crippen MR) is 57.4 cm³/mol. The SMILES string of the molecule is O=CC(=O)CCCc1ccc(C(=O)O)cc1. The molecule has 0 atom stereocenters. The number of aryl methyl sites for hydroxylation is 1. The minimum atomic E-state index is -0.956. The quantitative estimate of drug-likeness (QED) is 0.582. The highest BCUT2D eigenvalue weighted by molar-refractivity contribution is 6.24. The van der Waals surface area contributed by atoms with Crippen LogP contribution < -0.4 is 0 Å².